The van der Waals surface area contributed by atoms with Crippen molar-refractivity contribution in [2.24, 2.45) is 0 Å². The molecule has 0 aliphatic carbocycles. The monoisotopic (exact) mass is 506 g/mol. The van der Waals surface area contributed by atoms with Crippen molar-refractivity contribution in [3.63, 3.8) is 0 Å². The molecular formula is C21H19BrN2O6S. The number of carbonyl (C=O) groups excluding carboxylic acids is 1. The molecule has 162 valence electrons. The normalized spacial score (nSPS) is 10.5. The first-order chi connectivity index (χ1) is 14.9. The first-order valence-corrected chi connectivity index (χ1v) is 10.9. The molecule has 0 saturated carbocycles. The fourth-order valence-corrected chi connectivity index (χ4v) is 3.80. The van der Waals surface area contributed by atoms with Crippen LogP contribution in [0.3, 0.4) is 0 Å². The summed E-state index contributed by atoms with van der Waals surface area (Å²) in [6.07, 6.45) is 0. The third kappa shape index (κ3) is 6.02. The molecule has 0 saturated heterocycles. The number of nitro groups is 1. The number of aromatic nitrogens is 1. The number of nitro benzene ring substituents is 1. The molecule has 10 heteroatoms. The Labute approximate surface area is 191 Å². The highest BCUT2D eigenvalue weighted by Crippen LogP contribution is 2.33. The van der Waals surface area contributed by atoms with Crippen LogP contribution in [-0.4, -0.2) is 29.1 Å². The maximum absolute atomic E-state index is 11.5. The van der Waals surface area contributed by atoms with Crippen LogP contribution >= 0.6 is 27.3 Å². The minimum absolute atomic E-state index is 0.0393. The van der Waals surface area contributed by atoms with Crippen LogP contribution in [0, 0.1) is 17.0 Å². The molecule has 0 spiro atoms. The van der Waals surface area contributed by atoms with Gasteiger partial charge >= 0.3 is 5.97 Å². The summed E-state index contributed by atoms with van der Waals surface area (Å²) < 4.78 is 16.9. The zero-order valence-corrected chi connectivity index (χ0v) is 19.2. The highest BCUT2D eigenvalue weighted by Gasteiger charge is 2.12. The summed E-state index contributed by atoms with van der Waals surface area (Å²) in [4.78, 5) is 26.4. The van der Waals surface area contributed by atoms with Gasteiger partial charge in [0, 0.05) is 23.1 Å². The first-order valence-electron chi connectivity index (χ1n) is 9.28. The van der Waals surface area contributed by atoms with Crippen LogP contribution in [0.1, 0.15) is 17.5 Å². The topological polar surface area (TPSA) is 101 Å². The summed E-state index contributed by atoms with van der Waals surface area (Å²) in [7, 11) is 0. The molecule has 0 aliphatic rings. The SMILES string of the molecule is CCOC(=O)COc1cc(Br)c(OCc2nc(-c3ccc([N+](=O)[O-])cc3)cs2)cc1C. The van der Waals surface area contributed by atoms with Crippen molar-refractivity contribution >= 4 is 38.9 Å². The van der Waals surface area contributed by atoms with Crippen LogP contribution in [0.2, 0.25) is 0 Å². The van der Waals surface area contributed by atoms with Gasteiger partial charge in [-0.2, -0.15) is 0 Å². The van der Waals surface area contributed by atoms with Crippen LogP contribution in [0.4, 0.5) is 5.69 Å². The fraction of sp³-hybridized carbons (Fsp3) is 0.238. The molecule has 31 heavy (non-hydrogen) atoms. The van der Waals surface area contributed by atoms with Gasteiger partial charge in [0.1, 0.15) is 23.1 Å². The van der Waals surface area contributed by atoms with Gasteiger partial charge in [-0.25, -0.2) is 9.78 Å². The number of benzene rings is 2. The fourth-order valence-electron chi connectivity index (χ4n) is 2.65. The standard InChI is InChI=1S/C21H19BrN2O6S/c1-3-28-21(25)11-30-18-9-16(22)19(8-13(18)2)29-10-20-23-17(12-31-20)14-4-6-15(7-5-14)24(26)27/h4-9,12H,3,10-11H2,1-2H3. The zero-order valence-electron chi connectivity index (χ0n) is 16.8. The van der Waals surface area contributed by atoms with Crippen molar-refractivity contribution in [3.05, 3.63) is 66.9 Å². The van der Waals surface area contributed by atoms with E-state index in [1.165, 1.54) is 23.5 Å². The number of non-ortho nitro benzene ring substituents is 1. The lowest BCUT2D eigenvalue weighted by molar-refractivity contribution is -0.384. The lowest BCUT2D eigenvalue weighted by Crippen LogP contribution is -2.15. The van der Waals surface area contributed by atoms with E-state index >= 15 is 0 Å². The molecule has 0 N–H and O–H groups in total. The predicted octanol–water partition coefficient (Wildman–Crippen LogP) is 5.31. The Kier molecular flexibility index (Phi) is 7.59. The number of nitrogens with zero attached hydrogens (tertiary/aromatic N) is 2. The Morgan fingerprint density at radius 1 is 1.19 bits per heavy atom. The van der Waals surface area contributed by atoms with Crippen molar-refractivity contribution in [1.29, 1.82) is 0 Å². The van der Waals surface area contributed by atoms with E-state index in [0.717, 1.165) is 21.8 Å². The molecule has 3 rings (SSSR count). The minimum atomic E-state index is -0.433. The Bertz CT molecular complexity index is 1080. The van der Waals surface area contributed by atoms with E-state index in [1.807, 2.05) is 18.4 Å². The highest BCUT2D eigenvalue weighted by atomic mass is 79.9. The third-order valence-electron chi connectivity index (χ3n) is 4.16. The van der Waals surface area contributed by atoms with Gasteiger partial charge in [-0.3, -0.25) is 10.1 Å². The summed E-state index contributed by atoms with van der Waals surface area (Å²) in [5, 5.41) is 13.4. The number of carbonyl (C=O) groups is 1. The Morgan fingerprint density at radius 3 is 2.61 bits per heavy atom. The van der Waals surface area contributed by atoms with Gasteiger partial charge in [-0.05, 0) is 59.6 Å². The van der Waals surface area contributed by atoms with E-state index < -0.39 is 10.9 Å². The van der Waals surface area contributed by atoms with Crippen molar-refractivity contribution in [2.45, 2.75) is 20.5 Å². The van der Waals surface area contributed by atoms with Gasteiger partial charge in [-0.1, -0.05) is 0 Å². The summed E-state index contributed by atoms with van der Waals surface area (Å²) in [5.41, 5.74) is 2.38. The number of rotatable bonds is 9. The van der Waals surface area contributed by atoms with Gasteiger partial charge in [-0.15, -0.1) is 11.3 Å². The van der Waals surface area contributed by atoms with Gasteiger partial charge in [0.25, 0.3) is 5.69 Å². The lowest BCUT2D eigenvalue weighted by Gasteiger charge is -2.13. The van der Waals surface area contributed by atoms with Crippen molar-refractivity contribution in [3.8, 4) is 22.8 Å². The largest absolute Gasteiger partial charge is 0.485 e. The second-order valence-corrected chi connectivity index (χ2v) is 8.16. The van der Waals surface area contributed by atoms with Gasteiger partial charge in [0.15, 0.2) is 6.61 Å². The predicted molar refractivity (Wildman–Crippen MR) is 120 cm³/mol. The number of ether oxygens (including phenoxy) is 3. The molecule has 3 aromatic rings. The molecule has 0 amide bonds. The average molecular weight is 507 g/mol. The minimum Gasteiger partial charge on any atom is -0.485 e. The highest BCUT2D eigenvalue weighted by molar-refractivity contribution is 9.10. The first kappa shape index (κ1) is 22.7. The number of esters is 1. The molecule has 8 nitrogen and oxygen atoms in total. The molecule has 0 unspecified atom stereocenters. The van der Waals surface area contributed by atoms with Crippen LogP contribution < -0.4 is 9.47 Å². The second kappa shape index (κ2) is 10.4. The maximum Gasteiger partial charge on any atom is 0.344 e. The van der Waals surface area contributed by atoms with Crippen molar-refractivity contribution < 1.29 is 23.9 Å². The Hall–Kier alpha value is -2.98. The lowest BCUT2D eigenvalue weighted by atomic mass is 10.1. The van der Waals surface area contributed by atoms with Crippen LogP contribution in [-0.2, 0) is 16.1 Å². The third-order valence-corrected chi connectivity index (χ3v) is 5.60. The van der Waals surface area contributed by atoms with Crippen LogP contribution in [0.15, 0.2) is 46.3 Å². The number of hydrogen-bond acceptors (Lipinski definition) is 8. The van der Waals surface area contributed by atoms with E-state index in [9.17, 15) is 14.9 Å². The van der Waals surface area contributed by atoms with E-state index in [2.05, 4.69) is 20.9 Å². The molecule has 1 heterocycles. The maximum atomic E-state index is 11.5. The molecular weight excluding hydrogens is 488 g/mol. The van der Waals surface area contributed by atoms with E-state index in [0.29, 0.717) is 22.6 Å². The molecule has 0 atom stereocenters. The smallest absolute Gasteiger partial charge is 0.344 e. The molecule has 1 aromatic heterocycles. The number of aryl methyl sites for hydroxylation is 1. The van der Waals surface area contributed by atoms with Crippen LogP contribution in [0.25, 0.3) is 11.3 Å². The summed E-state index contributed by atoms with van der Waals surface area (Å²) in [6.45, 7) is 4.00. The summed E-state index contributed by atoms with van der Waals surface area (Å²) in [6, 6.07) is 9.82. The van der Waals surface area contributed by atoms with Gasteiger partial charge in [0.05, 0.1) is 21.7 Å². The van der Waals surface area contributed by atoms with E-state index in [-0.39, 0.29) is 18.9 Å². The van der Waals surface area contributed by atoms with E-state index in [1.54, 1.807) is 25.1 Å². The molecule has 2 aromatic carbocycles. The van der Waals surface area contributed by atoms with E-state index in [4.69, 9.17) is 14.2 Å². The van der Waals surface area contributed by atoms with Gasteiger partial charge < -0.3 is 14.2 Å². The molecule has 0 fully saturated rings. The van der Waals surface area contributed by atoms with Crippen molar-refractivity contribution in [1.82, 2.24) is 4.98 Å². The van der Waals surface area contributed by atoms with Crippen molar-refractivity contribution in [2.75, 3.05) is 13.2 Å². The summed E-state index contributed by atoms with van der Waals surface area (Å²) in [5.74, 6) is 0.751. The number of hydrogen-bond donors (Lipinski definition) is 0. The molecule has 0 aliphatic heterocycles. The summed E-state index contributed by atoms with van der Waals surface area (Å²) >= 11 is 4.90. The quantitative estimate of drug-likeness (QED) is 0.220. The Balaban J connectivity index is 1.63. The molecule has 0 bridgehead atoms. The number of thiazole rings is 1. The zero-order chi connectivity index (χ0) is 22.4. The van der Waals surface area contributed by atoms with Gasteiger partial charge in [0.2, 0.25) is 0 Å². The average Bonchev–Trinajstić information content (AvgIpc) is 3.22. The molecule has 0 radical (unpaired) electrons. The van der Waals surface area contributed by atoms with Crippen LogP contribution in [0.5, 0.6) is 11.5 Å². The Morgan fingerprint density at radius 2 is 1.94 bits per heavy atom. The second-order valence-electron chi connectivity index (χ2n) is 6.36. The number of halogens is 1.